The zero-order chi connectivity index (χ0) is 32.6. The Hall–Kier alpha value is -3.91. The van der Waals surface area contributed by atoms with E-state index >= 15 is 0 Å². The van der Waals surface area contributed by atoms with Crippen molar-refractivity contribution in [1.82, 2.24) is 15.4 Å². The number of hydrazine groups is 2. The van der Waals surface area contributed by atoms with Crippen molar-refractivity contribution in [2.75, 3.05) is 35.5 Å². The van der Waals surface area contributed by atoms with Gasteiger partial charge in [0.25, 0.3) is 0 Å². The second-order valence-corrected chi connectivity index (χ2v) is 15.4. The van der Waals surface area contributed by atoms with Gasteiger partial charge in [-0.2, -0.15) is 0 Å². The van der Waals surface area contributed by atoms with Gasteiger partial charge in [0.05, 0.1) is 29.2 Å². The summed E-state index contributed by atoms with van der Waals surface area (Å²) in [5, 5.41) is 15.1. The van der Waals surface area contributed by atoms with Crippen LogP contribution in [-0.4, -0.2) is 60.6 Å². The largest absolute Gasteiger partial charge is 0.487 e. The molecule has 0 bridgehead atoms. The van der Waals surface area contributed by atoms with Gasteiger partial charge in [0, 0.05) is 49.1 Å². The molecule has 2 atom stereocenters. The van der Waals surface area contributed by atoms with Gasteiger partial charge in [0.2, 0.25) is 5.56 Å². The number of ether oxygens (including phenoxy) is 1. The zero-order valence-corrected chi connectivity index (χ0v) is 27.8. The Balaban J connectivity index is 1.34. The molecule has 46 heavy (non-hydrogen) atoms. The molecule has 2 aromatic carbocycles. The number of nitrogens with one attached hydrogen (secondary N) is 3. The van der Waals surface area contributed by atoms with Crippen LogP contribution in [0.15, 0.2) is 52.6 Å². The van der Waals surface area contributed by atoms with Crippen LogP contribution in [0.1, 0.15) is 60.1 Å². The lowest BCUT2D eigenvalue weighted by molar-refractivity contribution is -0.137. The number of aromatic amines is 1. The molecule has 244 valence electrons. The summed E-state index contributed by atoms with van der Waals surface area (Å²) in [5.41, 5.74) is 12.6. The number of carboxylic acids is 1. The molecule has 2 aliphatic heterocycles. The summed E-state index contributed by atoms with van der Waals surface area (Å²) < 4.78 is 30.7. The van der Waals surface area contributed by atoms with Crippen LogP contribution in [0, 0.1) is 6.92 Å². The molecule has 4 heterocycles. The molecule has 4 aromatic rings. The highest BCUT2D eigenvalue weighted by Crippen LogP contribution is 2.41. The molecule has 13 heteroatoms. The number of benzene rings is 2. The summed E-state index contributed by atoms with van der Waals surface area (Å²) in [7, 11) is -3.06. The second kappa shape index (κ2) is 13.1. The first-order chi connectivity index (χ1) is 22.0. The maximum Gasteiger partial charge on any atom is 0.304 e. The molecule has 2 aromatic heterocycles. The number of thiophene rings is 1. The van der Waals surface area contributed by atoms with E-state index in [1.807, 2.05) is 24.1 Å². The number of rotatable bonds is 11. The van der Waals surface area contributed by atoms with E-state index in [9.17, 15) is 23.1 Å². The first-order valence-corrected chi connectivity index (χ1v) is 18.4. The molecule has 0 radical (unpaired) electrons. The van der Waals surface area contributed by atoms with Crippen LogP contribution in [0.5, 0.6) is 5.75 Å². The van der Waals surface area contributed by atoms with E-state index in [4.69, 9.17) is 4.74 Å². The molecule has 0 aliphatic carbocycles. The van der Waals surface area contributed by atoms with E-state index in [2.05, 4.69) is 51.3 Å². The standard InChI is InChI=1S/C33H39N5O6S2/c1-4-24-18-37(19-27-29(44-24)8-9-30(39)34-27)17-23-15-22(14-21-10-12-45-33(21)23)26(16-31(40)41)25-6-7-28-32(20(25)2)35-36-38(28)11-5-13-46(3,42)43/h6-10,12,14-15,24,26,35-36H,4-5,11,13,16-19H2,1-3H3,(H,34,39)(H,40,41)/t24-,26?/m1/s1. The molecular weight excluding hydrogens is 627 g/mol. The molecule has 6 rings (SSSR count). The summed E-state index contributed by atoms with van der Waals surface area (Å²) >= 11 is 1.67. The summed E-state index contributed by atoms with van der Waals surface area (Å²) in [6.07, 6.45) is 2.42. The third kappa shape index (κ3) is 6.92. The van der Waals surface area contributed by atoms with Gasteiger partial charge < -0.3 is 20.3 Å². The SMILES string of the molecule is CC[C@@H]1CN(Cc2cc(C(CC(=O)O)c3ccc4c(c3C)NNN4CCCS(C)(=O)=O)cc3ccsc23)Cc2[nH]c(=O)ccc2O1. The van der Waals surface area contributed by atoms with Crippen molar-refractivity contribution in [1.29, 1.82) is 0 Å². The Kier molecular flexibility index (Phi) is 9.10. The zero-order valence-electron chi connectivity index (χ0n) is 26.1. The van der Waals surface area contributed by atoms with Crippen LogP contribution in [0.3, 0.4) is 0 Å². The van der Waals surface area contributed by atoms with Gasteiger partial charge in [-0.1, -0.05) is 19.1 Å². The number of carbonyl (C=O) groups is 1. The first-order valence-electron chi connectivity index (χ1n) is 15.4. The Morgan fingerprint density at radius 1 is 1.20 bits per heavy atom. The number of aliphatic carboxylic acids is 1. The van der Waals surface area contributed by atoms with E-state index < -0.39 is 21.7 Å². The molecule has 2 aliphatic rings. The lowest BCUT2D eigenvalue weighted by atomic mass is 9.84. The minimum absolute atomic E-state index is 0.0324. The molecule has 11 nitrogen and oxygen atoms in total. The van der Waals surface area contributed by atoms with Crippen LogP contribution in [0.25, 0.3) is 10.1 Å². The highest BCUT2D eigenvalue weighted by molar-refractivity contribution is 7.90. The molecule has 0 spiro atoms. The van der Waals surface area contributed by atoms with Crippen LogP contribution in [0.4, 0.5) is 11.4 Å². The molecule has 0 saturated carbocycles. The number of anilines is 2. The molecule has 0 saturated heterocycles. The number of H-pyrrole nitrogens is 1. The fraction of sp³-hybridized carbons (Fsp3) is 0.394. The monoisotopic (exact) mass is 665 g/mol. The van der Waals surface area contributed by atoms with Gasteiger partial charge >= 0.3 is 5.97 Å². The van der Waals surface area contributed by atoms with Crippen LogP contribution >= 0.6 is 11.3 Å². The van der Waals surface area contributed by atoms with Crippen molar-refractivity contribution in [3.63, 3.8) is 0 Å². The highest BCUT2D eigenvalue weighted by Gasteiger charge is 2.28. The summed E-state index contributed by atoms with van der Waals surface area (Å²) in [4.78, 5) is 29.7. The van der Waals surface area contributed by atoms with E-state index in [1.165, 1.54) is 12.3 Å². The minimum Gasteiger partial charge on any atom is -0.487 e. The fourth-order valence-electron chi connectivity index (χ4n) is 6.50. The van der Waals surface area contributed by atoms with Gasteiger partial charge in [0.15, 0.2) is 0 Å². The van der Waals surface area contributed by atoms with Crippen LogP contribution in [0.2, 0.25) is 0 Å². The highest BCUT2D eigenvalue weighted by atomic mass is 32.2. The predicted molar refractivity (Wildman–Crippen MR) is 181 cm³/mol. The quantitative estimate of drug-likeness (QED) is 0.177. The number of hydrogen-bond donors (Lipinski definition) is 4. The Morgan fingerprint density at radius 2 is 2.02 bits per heavy atom. The van der Waals surface area contributed by atoms with Crippen molar-refractivity contribution < 1.29 is 23.1 Å². The molecule has 1 unspecified atom stereocenters. The first kappa shape index (κ1) is 32.0. The van der Waals surface area contributed by atoms with Crippen molar-refractivity contribution in [3.8, 4) is 5.75 Å². The summed E-state index contributed by atoms with van der Waals surface area (Å²) in [6.45, 7) is 6.40. The smallest absolute Gasteiger partial charge is 0.304 e. The number of carboxylic acid groups (broad SMARTS) is 1. The van der Waals surface area contributed by atoms with Gasteiger partial charge in [0.1, 0.15) is 21.7 Å². The van der Waals surface area contributed by atoms with Crippen molar-refractivity contribution in [2.45, 2.75) is 58.2 Å². The second-order valence-electron chi connectivity index (χ2n) is 12.2. The number of fused-ring (bicyclic) bond motifs is 3. The van der Waals surface area contributed by atoms with Gasteiger partial charge in [-0.15, -0.1) is 16.9 Å². The van der Waals surface area contributed by atoms with Gasteiger partial charge in [-0.3, -0.25) is 19.5 Å². The number of sulfone groups is 1. The van der Waals surface area contributed by atoms with Gasteiger partial charge in [-0.25, -0.2) is 8.42 Å². The van der Waals surface area contributed by atoms with E-state index in [0.717, 1.165) is 55.8 Å². The summed E-state index contributed by atoms with van der Waals surface area (Å²) in [5.74, 6) is -0.490. The molecule has 0 fully saturated rings. The lowest BCUT2D eigenvalue weighted by Crippen LogP contribution is -2.37. The van der Waals surface area contributed by atoms with E-state index in [0.29, 0.717) is 38.3 Å². The average molecular weight is 666 g/mol. The average Bonchev–Trinajstić information content (AvgIpc) is 3.60. The Labute approximate surface area is 272 Å². The number of hydrogen-bond acceptors (Lipinski definition) is 10. The van der Waals surface area contributed by atoms with Crippen molar-refractivity contribution in [2.24, 2.45) is 0 Å². The maximum atomic E-state index is 12.3. The van der Waals surface area contributed by atoms with Gasteiger partial charge in [-0.05, 0) is 77.1 Å². The number of aromatic nitrogens is 1. The minimum atomic E-state index is -3.06. The Morgan fingerprint density at radius 3 is 2.78 bits per heavy atom. The topological polar surface area (TPSA) is 144 Å². The summed E-state index contributed by atoms with van der Waals surface area (Å²) in [6, 6.07) is 13.5. The molecule has 0 amide bonds. The van der Waals surface area contributed by atoms with Crippen LogP contribution in [-0.2, 0) is 27.7 Å². The van der Waals surface area contributed by atoms with E-state index in [1.54, 1.807) is 17.4 Å². The number of nitrogens with zero attached hydrogens (tertiary/aromatic N) is 2. The fourth-order valence-corrected chi connectivity index (χ4v) is 8.04. The maximum absolute atomic E-state index is 12.3. The number of pyridine rings is 1. The lowest BCUT2D eigenvalue weighted by Gasteiger charge is -2.25. The van der Waals surface area contributed by atoms with Crippen molar-refractivity contribution >= 4 is 48.6 Å². The third-order valence-electron chi connectivity index (χ3n) is 8.74. The Bertz CT molecular complexity index is 1940. The normalized spacial score (nSPS) is 17.2. The third-order valence-corrected chi connectivity index (χ3v) is 10.8. The van der Waals surface area contributed by atoms with E-state index in [-0.39, 0.29) is 23.8 Å². The van der Waals surface area contributed by atoms with Crippen molar-refractivity contribution in [3.05, 3.63) is 86.1 Å². The predicted octanol–water partition coefficient (Wildman–Crippen LogP) is 4.76. The molecular formula is C33H39N5O6S2. The van der Waals surface area contributed by atoms with Crippen LogP contribution < -0.4 is 26.3 Å². The molecule has 4 N–H and O–H groups in total.